The number of fused-ring (bicyclic) bond motifs is 2. The predicted molar refractivity (Wildman–Crippen MR) is 157 cm³/mol. The van der Waals surface area contributed by atoms with E-state index in [2.05, 4.69) is 10.1 Å². The first-order valence-electron chi connectivity index (χ1n) is 14.7. The second-order valence-electron chi connectivity index (χ2n) is 12.2. The van der Waals surface area contributed by atoms with Crippen LogP contribution in [0, 0.1) is 22.9 Å². The van der Waals surface area contributed by atoms with E-state index in [9.17, 15) is 35.2 Å². The van der Waals surface area contributed by atoms with E-state index >= 15 is 0 Å². The summed E-state index contributed by atoms with van der Waals surface area (Å²) in [5.41, 5.74) is 0.988. The molecule has 2 atom stereocenters. The third-order valence-electron chi connectivity index (χ3n) is 9.27. The summed E-state index contributed by atoms with van der Waals surface area (Å²) in [4.78, 5) is 18.3. The van der Waals surface area contributed by atoms with E-state index in [4.69, 9.17) is 0 Å². The third-order valence-corrected chi connectivity index (χ3v) is 11.3. The number of rotatable bonds is 7. The van der Waals surface area contributed by atoms with Crippen molar-refractivity contribution in [3.05, 3.63) is 113 Å². The van der Waals surface area contributed by atoms with Crippen molar-refractivity contribution in [1.82, 2.24) is 19.1 Å². The topological polar surface area (TPSA) is 85.2 Å². The number of carbonyl (C=O) groups excluding carboxylic acids is 1. The minimum atomic E-state index is -4.41. The van der Waals surface area contributed by atoms with Crippen LogP contribution >= 0.6 is 0 Å². The standard InChI is InChI=1S/C33H27F5N4O3S/c34-22-2-7-25(8-3-22)41-30-13-21-1-6-26(16-32(21,15-20(30)19-40-41)31(43)29-14-24(36)11-12-39-29)42(27-17-33(37,38)18-27)46(44,45)28-9-4-23(35)5-10-28/h2-5,7-14,19,26-27H,1,6,15-18H2/t26-,32-/m0/s1. The van der Waals surface area contributed by atoms with Gasteiger partial charge in [0.05, 0.1) is 27.9 Å². The summed E-state index contributed by atoms with van der Waals surface area (Å²) in [6.07, 6.45) is 3.58. The lowest BCUT2D eigenvalue weighted by Gasteiger charge is -2.50. The molecule has 0 bridgehead atoms. The van der Waals surface area contributed by atoms with Crippen LogP contribution in [-0.4, -0.2) is 51.3 Å². The minimum absolute atomic E-state index is 0.0636. The lowest BCUT2D eigenvalue weighted by Crippen LogP contribution is -2.59. The monoisotopic (exact) mass is 654 g/mol. The average Bonchev–Trinajstić information content (AvgIpc) is 3.41. The van der Waals surface area contributed by atoms with Crippen LogP contribution in [0.1, 0.15) is 53.8 Å². The molecular weight excluding hydrogens is 627 g/mol. The third kappa shape index (κ3) is 5.15. The van der Waals surface area contributed by atoms with Gasteiger partial charge in [-0.1, -0.05) is 5.57 Å². The van der Waals surface area contributed by atoms with Crippen LogP contribution < -0.4 is 0 Å². The Balaban J connectivity index is 1.33. The number of halogens is 5. The second kappa shape index (κ2) is 10.9. The maximum absolute atomic E-state index is 14.4. The maximum atomic E-state index is 14.4. The van der Waals surface area contributed by atoms with Crippen molar-refractivity contribution in [2.75, 3.05) is 0 Å². The van der Waals surface area contributed by atoms with Crippen molar-refractivity contribution in [2.45, 2.75) is 61.4 Å². The highest BCUT2D eigenvalue weighted by atomic mass is 32.2. The smallest absolute Gasteiger partial charge is 0.251 e. The molecule has 0 radical (unpaired) electrons. The molecule has 2 heterocycles. The Morgan fingerprint density at radius 1 is 0.891 bits per heavy atom. The van der Waals surface area contributed by atoms with Gasteiger partial charge in [-0.2, -0.15) is 9.40 Å². The van der Waals surface area contributed by atoms with E-state index < -0.39 is 69.5 Å². The van der Waals surface area contributed by atoms with E-state index in [1.54, 1.807) is 29.1 Å². The minimum Gasteiger partial charge on any atom is -0.291 e. The van der Waals surface area contributed by atoms with Crippen LogP contribution in [0.3, 0.4) is 0 Å². The molecule has 7 rings (SSSR count). The molecule has 0 N–H and O–H groups in total. The molecule has 3 aliphatic carbocycles. The van der Waals surface area contributed by atoms with Gasteiger partial charge in [-0.15, -0.1) is 0 Å². The van der Waals surface area contributed by atoms with E-state index in [1.165, 1.54) is 18.3 Å². The Bertz CT molecular complexity index is 1970. The molecule has 13 heteroatoms. The van der Waals surface area contributed by atoms with Crippen molar-refractivity contribution >= 4 is 21.9 Å². The van der Waals surface area contributed by atoms with Crippen molar-refractivity contribution in [1.29, 1.82) is 0 Å². The molecule has 238 valence electrons. The number of benzene rings is 2. The molecule has 0 spiro atoms. The highest BCUT2D eigenvalue weighted by Gasteiger charge is 2.57. The zero-order valence-electron chi connectivity index (χ0n) is 24.2. The summed E-state index contributed by atoms with van der Waals surface area (Å²) in [5, 5.41) is 4.48. The Morgan fingerprint density at radius 2 is 1.57 bits per heavy atom. The van der Waals surface area contributed by atoms with Gasteiger partial charge < -0.3 is 0 Å². The fourth-order valence-corrected chi connectivity index (χ4v) is 8.93. The van der Waals surface area contributed by atoms with Crippen molar-refractivity contribution in [3.8, 4) is 5.69 Å². The normalized spacial score (nSPS) is 22.5. The van der Waals surface area contributed by atoms with Crippen molar-refractivity contribution in [2.24, 2.45) is 5.41 Å². The lowest BCUT2D eigenvalue weighted by molar-refractivity contribution is -0.116. The summed E-state index contributed by atoms with van der Waals surface area (Å²) in [5.74, 6) is -5.32. The highest BCUT2D eigenvalue weighted by Crippen LogP contribution is 2.53. The summed E-state index contributed by atoms with van der Waals surface area (Å²) >= 11 is 0. The SMILES string of the molecule is O=C(c1cc(F)ccn1)[C@]12Cc3cnn(-c4ccc(F)cc4)c3C=C1CC[C@H](N(C1CC(F)(F)C1)S(=O)(=O)c1ccc(F)cc1)C2. The number of ketones is 1. The van der Waals surface area contributed by atoms with Crippen molar-refractivity contribution in [3.63, 3.8) is 0 Å². The van der Waals surface area contributed by atoms with Crippen LogP contribution in [0.5, 0.6) is 0 Å². The van der Waals surface area contributed by atoms with Gasteiger partial charge in [-0.05, 0) is 91.9 Å². The molecule has 7 nitrogen and oxygen atoms in total. The number of hydrogen-bond donors (Lipinski definition) is 0. The van der Waals surface area contributed by atoms with Gasteiger partial charge in [0, 0.05) is 37.2 Å². The van der Waals surface area contributed by atoms with Gasteiger partial charge >= 0.3 is 0 Å². The highest BCUT2D eigenvalue weighted by molar-refractivity contribution is 7.89. The number of hydrogen-bond acceptors (Lipinski definition) is 5. The second-order valence-corrected chi connectivity index (χ2v) is 14.0. The Labute approximate surface area is 261 Å². The molecule has 0 amide bonds. The summed E-state index contributed by atoms with van der Waals surface area (Å²) in [7, 11) is -4.41. The summed E-state index contributed by atoms with van der Waals surface area (Å²) in [6, 6.07) is 10.1. The molecule has 0 unspecified atom stereocenters. The first kappa shape index (κ1) is 30.4. The predicted octanol–water partition coefficient (Wildman–Crippen LogP) is 6.53. The molecule has 3 aliphatic rings. The van der Waals surface area contributed by atoms with Gasteiger partial charge in [0.15, 0.2) is 5.78 Å². The number of aromatic nitrogens is 3. The molecule has 2 saturated carbocycles. The lowest BCUT2D eigenvalue weighted by atomic mass is 9.60. The number of nitrogens with zero attached hydrogens (tertiary/aromatic N) is 4. The van der Waals surface area contributed by atoms with Crippen LogP contribution in [-0.2, 0) is 16.4 Å². The molecule has 46 heavy (non-hydrogen) atoms. The quantitative estimate of drug-likeness (QED) is 0.167. The van der Waals surface area contributed by atoms with Crippen LogP contribution in [0.4, 0.5) is 22.0 Å². The molecule has 0 saturated heterocycles. The number of pyridine rings is 1. The number of sulfonamides is 1. The zero-order valence-corrected chi connectivity index (χ0v) is 25.0. The molecule has 0 aliphatic heterocycles. The molecule has 2 aromatic heterocycles. The molecular formula is C33H27F5N4O3S. The van der Waals surface area contributed by atoms with Crippen LogP contribution in [0.25, 0.3) is 11.8 Å². The van der Waals surface area contributed by atoms with Crippen LogP contribution in [0.15, 0.2) is 83.5 Å². The average molecular weight is 655 g/mol. The van der Waals surface area contributed by atoms with E-state index in [1.807, 2.05) is 0 Å². The van der Waals surface area contributed by atoms with Gasteiger partial charge in [0.25, 0.3) is 5.92 Å². The van der Waals surface area contributed by atoms with E-state index in [0.717, 1.165) is 40.7 Å². The Morgan fingerprint density at radius 3 is 2.22 bits per heavy atom. The largest absolute Gasteiger partial charge is 0.291 e. The molecule has 2 aromatic carbocycles. The fourth-order valence-electron chi connectivity index (χ4n) is 7.09. The number of alkyl halides is 2. The summed E-state index contributed by atoms with van der Waals surface area (Å²) < 4.78 is 101. The zero-order chi connectivity index (χ0) is 32.4. The number of Topliss-reactive ketones (excluding diaryl/α,β-unsaturated/α-hetero) is 1. The fraction of sp³-hybridized carbons (Fsp3) is 0.303. The maximum Gasteiger partial charge on any atom is 0.251 e. The molecule has 4 aromatic rings. The van der Waals surface area contributed by atoms with Gasteiger partial charge in [0.2, 0.25) is 10.0 Å². The van der Waals surface area contributed by atoms with Gasteiger partial charge in [0.1, 0.15) is 23.1 Å². The Hall–Kier alpha value is -4.23. The van der Waals surface area contributed by atoms with E-state index in [0.29, 0.717) is 22.5 Å². The Kier molecular flexibility index (Phi) is 7.24. The first-order valence-corrected chi connectivity index (χ1v) is 16.2. The van der Waals surface area contributed by atoms with Crippen molar-refractivity contribution < 1.29 is 35.2 Å². The number of allylic oxidation sites excluding steroid dienone is 1. The first-order chi connectivity index (χ1) is 21.9. The molecule has 2 fully saturated rings. The van der Waals surface area contributed by atoms with Gasteiger partial charge in [-0.3, -0.25) is 9.78 Å². The number of carbonyl (C=O) groups is 1. The summed E-state index contributed by atoms with van der Waals surface area (Å²) in [6.45, 7) is 0. The van der Waals surface area contributed by atoms with Gasteiger partial charge in [-0.25, -0.2) is 35.1 Å². The van der Waals surface area contributed by atoms with Crippen LogP contribution in [0.2, 0.25) is 0 Å². The van der Waals surface area contributed by atoms with E-state index in [-0.39, 0.29) is 36.3 Å².